The van der Waals surface area contributed by atoms with E-state index in [4.69, 9.17) is 21.6 Å². The van der Waals surface area contributed by atoms with Gasteiger partial charge in [0.2, 0.25) is 0 Å². The lowest BCUT2D eigenvalue weighted by Gasteiger charge is -2.21. The van der Waals surface area contributed by atoms with Crippen LogP contribution >= 0.6 is 11.6 Å². The van der Waals surface area contributed by atoms with E-state index in [1.807, 2.05) is 12.1 Å². The fourth-order valence-corrected chi connectivity index (χ4v) is 2.70. The van der Waals surface area contributed by atoms with Crippen molar-refractivity contribution in [1.29, 1.82) is 5.26 Å². The molecular weight excluding hydrogens is 326 g/mol. The summed E-state index contributed by atoms with van der Waals surface area (Å²) >= 11 is 5.92. The monoisotopic (exact) mass is 339 g/mol. The first-order chi connectivity index (χ1) is 11.6. The van der Waals surface area contributed by atoms with Crippen LogP contribution in [0.4, 0.5) is 5.69 Å². The molecule has 1 heterocycles. The van der Waals surface area contributed by atoms with E-state index in [9.17, 15) is 4.79 Å². The number of ether oxygens (including phenoxy) is 1. The second-order valence-electron chi connectivity index (χ2n) is 5.30. The average molecular weight is 340 g/mol. The average Bonchev–Trinajstić information content (AvgIpc) is 3.07. The van der Waals surface area contributed by atoms with E-state index in [1.165, 1.54) is 7.11 Å². The minimum atomic E-state index is -0.534. The predicted octanol–water partition coefficient (Wildman–Crippen LogP) is 3.37. The number of hydrazone groups is 1. The predicted molar refractivity (Wildman–Crippen MR) is 92.0 cm³/mol. The number of nitrogens with zero attached hydrogens (tertiary/aromatic N) is 3. The van der Waals surface area contributed by atoms with E-state index in [0.717, 1.165) is 17.0 Å². The summed E-state index contributed by atoms with van der Waals surface area (Å²) in [5, 5.41) is 15.8. The van der Waals surface area contributed by atoms with Crippen molar-refractivity contribution in [2.75, 3.05) is 12.1 Å². The molecule has 2 aromatic rings. The SMILES string of the molecule is COC(=O)C1CC(c2ccc(Cl)cc2)=NN1c1ccc(C#N)cc1. The second kappa shape index (κ2) is 6.73. The van der Waals surface area contributed by atoms with Gasteiger partial charge in [0.1, 0.15) is 0 Å². The molecule has 6 heteroatoms. The number of hydrogen-bond acceptors (Lipinski definition) is 5. The van der Waals surface area contributed by atoms with E-state index in [-0.39, 0.29) is 5.97 Å². The van der Waals surface area contributed by atoms with Gasteiger partial charge in [0.05, 0.1) is 30.1 Å². The molecule has 0 fully saturated rings. The van der Waals surface area contributed by atoms with Crippen LogP contribution in [0.3, 0.4) is 0 Å². The first kappa shape index (κ1) is 16.0. The minimum absolute atomic E-state index is 0.355. The number of benzene rings is 2. The summed E-state index contributed by atoms with van der Waals surface area (Å²) in [6, 6.07) is 15.8. The summed E-state index contributed by atoms with van der Waals surface area (Å²) in [6.07, 6.45) is 0.439. The lowest BCUT2D eigenvalue weighted by Crippen LogP contribution is -2.35. The number of hydrogen-bond donors (Lipinski definition) is 0. The van der Waals surface area contributed by atoms with Gasteiger partial charge in [-0.3, -0.25) is 5.01 Å². The van der Waals surface area contributed by atoms with E-state index < -0.39 is 6.04 Å². The molecule has 1 atom stereocenters. The molecule has 5 nitrogen and oxygen atoms in total. The molecule has 0 N–H and O–H groups in total. The smallest absolute Gasteiger partial charge is 0.331 e. The van der Waals surface area contributed by atoms with Crippen LogP contribution in [0.1, 0.15) is 17.5 Å². The largest absolute Gasteiger partial charge is 0.467 e. The highest BCUT2D eigenvalue weighted by atomic mass is 35.5. The van der Waals surface area contributed by atoms with Crippen molar-refractivity contribution < 1.29 is 9.53 Å². The van der Waals surface area contributed by atoms with Crippen LogP contribution in [0.15, 0.2) is 53.6 Å². The van der Waals surface area contributed by atoms with Gasteiger partial charge in [0.15, 0.2) is 6.04 Å². The van der Waals surface area contributed by atoms with Crippen LogP contribution in [0.5, 0.6) is 0 Å². The number of halogens is 1. The Labute approximate surface area is 144 Å². The summed E-state index contributed by atoms with van der Waals surface area (Å²) in [4.78, 5) is 12.1. The van der Waals surface area contributed by atoms with Crippen molar-refractivity contribution in [1.82, 2.24) is 0 Å². The summed E-state index contributed by atoms with van der Waals surface area (Å²) in [7, 11) is 1.36. The molecule has 1 unspecified atom stereocenters. The fraction of sp³-hybridized carbons (Fsp3) is 0.167. The van der Waals surface area contributed by atoms with Crippen LogP contribution in [-0.2, 0) is 9.53 Å². The highest BCUT2D eigenvalue weighted by Gasteiger charge is 2.34. The zero-order valence-corrected chi connectivity index (χ0v) is 13.7. The molecule has 1 aliphatic heterocycles. The van der Waals surface area contributed by atoms with E-state index in [2.05, 4.69) is 11.2 Å². The molecular formula is C18H14ClN3O2. The van der Waals surface area contributed by atoms with Crippen LogP contribution in [0.2, 0.25) is 5.02 Å². The van der Waals surface area contributed by atoms with Crippen molar-refractivity contribution in [3.63, 3.8) is 0 Å². The van der Waals surface area contributed by atoms with Gasteiger partial charge in [-0.05, 0) is 42.0 Å². The Morgan fingerprint density at radius 2 is 1.92 bits per heavy atom. The Bertz CT molecular complexity index is 823. The molecule has 2 aromatic carbocycles. The zero-order valence-electron chi connectivity index (χ0n) is 12.9. The van der Waals surface area contributed by atoms with Gasteiger partial charge < -0.3 is 4.74 Å². The van der Waals surface area contributed by atoms with Gasteiger partial charge in [0, 0.05) is 11.4 Å². The second-order valence-corrected chi connectivity index (χ2v) is 5.74. The van der Waals surface area contributed by atoms with Crippen molar-refractivity contribution in [3.8, 4) is 6.07 Å². The van der Waals surface area contributed by atoms with Gasteiger partial charge in [-0.25, -0.2) is 4.79 Å². The van der Waals surface area contributed by atoms with Crippen LogP contribution in [0.25, 0.3) is 0 Å². The van der Waals surface area contributed by atoms with Gasteiger partial charge in [-0.2, -0.15) is 10.4 Å². The van der Waals surface area contributed by atoms with E-state index >= 15 is 0 Å². The zero-order chi connectivity index (χ0) is 17.1. The Hall–Kier alpha value is -2.84. The Morgan fingerprint density at radius 3 is 2.50 bits per heavy atom. The van der Waals surface area contributed by atoms with Crippen LogP contribution in [0, 0.1) is 11.3 Å². The molecule has 120 valence electrons. The molecule has 0 amide bonds. The third-order valence-corrected chi connectivity index (χ3v) is 4.07. The summed E-state index contributed by atoms with van der Waals surface area (Å²) < 4.78 is 4.91. The minimum Gasteiger partial charge on any atom is -0.467 e. The molecule has 0 saturated carbocycles. The van der Waals surface area contributed by atoms with Gasteiger partial charge >= 0.3 is 5.97 Å². The van der Waals surface area contributed by atoms with Gasteiger partial charge in [-0.15, -0.1) is 0 Å². The Morgan fingerprint density at radius 1 is 1.25 bits per heavy atom. The molecule has 0 spiro atoms. The number of methoxy groups -OCH3 is 1. The molecule has 0 saturated heterocycles. The third kappa shape index (κ3) is 3.10. The van der Waals surface area contributed by atoms with Crippen molar-refractivity contribution in [2.45, 2.75) is 12.5 Å². The number of rotatable bonds is 3. The van der Waals surface area contributed by atoms with Crippen LogP contribution < -0.4 is 5.01 Å². The first-order valence-electron chi connectivity index (χ1n) is 7.33. The maximum Gasteiger partial charge on any atom is 0.331 e. The van der Waals surface area contributed by atoms with Crippen molar-refractivity contribution in [2.24, 2.45) is 5.10 Å². The molecule has 0 aromatic heterocycles. The summed E-state index contributed by atoms with van der Waals surface area (Å²) in [5.74, 6) is -0.355. The highest BCUT2D eigenvalue weighted by Crippen LogP contribution is 2.28. The van der Waals surface area contributed by atoms with E-state index in [1.54, 1.807) is 41.4 Å². The molecule has 0 radical (unpaired) electrons. The highest BCUT2D eigenvalue weighted by molar-refractivity contribution is 6.30. The molecule has 3 rings (SSSR count). The van der Waals surface area contributed by atoms with Crippen LogP contribution in [-0.4, -0.2) is 24.8 Å². The number of esters is 1. The topological polar surface area (TPSA) is 65.7 Å². The van der Waals surface area contributed by atoms with Gasteiger partial charge in [-0.1, -0.05) is 23.7 Å². The summed E-state index contributed by atoms with van der Waals surface area (Å²) in [5.41, 5.74) is 2.97. The molecule has 1 aliphatic rings. The number of carbonyl (C=O) groups excluding carboxylic acids is 1. The third-order valence-electron chi connectivity index (χ3n) is 3.82. The summed E-state index contributed by atoms with van der Waals surface area (Å²) in [6.45, 7) is 0. The first-order valence-corrected chi connectivity index (χ1v) is 7.71. The maximum absolute atomic E-state index is 12.1. The number of nitriles is 1. The lowest BCUT2D eigenvalue weighted by molar-refractivity contribution is -0.141. The molecule has 24 heavy (non-hydrogen) atoms. The maximum atomic E-state index is 12.1. The normalized spacial score (nSPS) is 16.5. The Balaban J connectivity index is 1.96. The van der Waals surface area contributed by atoms with E-state index in [0.29, 0.717) is 17.0 Å². The molecule has 0 bridgehead atoms. The standard InChI is InChI=1S/C18H14ClN3O2/c1-24-18(23)17-10-16(13-4-6-14(19)7-5-13)21-22(17)15-8-2-12(11-20)3-9-15/h2-9,17H,10H2,1H3. The Kier molecular flexibility index (Phi) is 4.50. The van der Waals surface area contributed by atoms with Gasteiger partial charge in [0.25, 0.3) is 0 Å². The quantitative estimate of drug-likeness (QED) is 0.804. The van der Waals surface area contributed by atoms with Crippen molar-refractivity contribution >= 4 is 29.0 Å². The number of carbonyl (C=O) groups is 1. The molecule has 0 aliphatic carbocycles. The van der Waals surface area contributed by atoms with Crippen molar-refractivity contribution in [3.05, 3.63) is 64.7 Å². The number of anilines is 1. The lowest BCUT2D eigenvalue weighted by atomic mass is 10.0. The fourth-order valence-electron chi connectivity index (χ4n) is 2.57.